The SMILES string of the molecule is O=C(c1ccc(Cl)cc1)C1CCN(c2cnn(Cc3ccccc3)c(=O)c2Cl)CC1. The van der Waals surface area contributed by atoms with Crippen molar-refractivity contribution in [3.8, 4) is 0 Å². The molecule has 0 N–H and O–H groups in total. The minimum Gasteiger partial charge on any atom is -0.369 e. The molecule has 1 aliphatic heterocycles. The monoisotopic (exact) mass is 441 g/mol. The highest BCUT2D eigenvalue weighted by molar-refractivity contribution is 6.33. The molecule has 7 heteroatoms. The average molecular weight is 442 g/mol. The van der Waals surface area contributed by atoms with E-state index in [2.05, 4.69) is 5.10 Å². The van der Waals surface area contributed by atoms with E-state index in [1.165, 1.54) is 4.68 Å². The Kier molecular flexibility index (Phi) is 6.21. The lowest BCUT2D eigenvalue weighted by Gasteiger charge is -2.33. The Hall–Kier alpha value is -2.63. The van der Waals surface area contributed by atoms with Gasteiger partial charge >= 0.3 is 0 Å². The molecule has 0 radical (unpaired) electrons. The molecule has 5 nitrogen and oxygen atoms in total. The van der Waals surface area contributed by atoms with Crippen LogP contribution in [0.5, 0.6) is 0 Å². The summed E-state index contributed by atoms with van der Waals surface area (Å²) in [6.45, 7) is 1.67. The summed E-state index contributed by atoms with van der Waals surface area (Å²) in [5.74, 6) is 0.0847. The van der Waals surface area contributed by atoms with Gasteiger partial charge in [-0.2, -0.15) is 5.10 Å². The molecule has 0 bridgehead atoms. The van der Waals surface area contributed by atoms with Crippen molar-refractivity contribution in [1.82, 2.24) is 9.78 Å². The molecule has 0 aliphatic carbocycles. The predicted octanol–water partition coefficient (Wildman–Crippen LogP) is 4.70. The topological polar surface area (TPSA) is 55.2 Å². The number of hydrogen-bond acceptors (Lipinski definition) is 4. The quantitative estimate of drug-likeness (QED) is 0.538. The first-order valence-corrected chi connectivity index (χ1v) is 10.6. The minimum absolute atomic E-state index is 0.0485. The maximum absolute atomic E-state index is 12.7. The van der Waals surface area contributed by atoms with E-state index in [0.29, 0.717) is 48.7 Å². The molecule has 1 fully saturated rings. The van der Waals surface area contributed by atoms with Crippen LogP contribution in [0.4, 0.5) is 5.69 Å². The summed E-state index contributed by atoms with van der Waals surface area (Å²) in [5, 5.41) is 5.10. The fraction of sp³-hybridized carbons (Fsp3) is 0.261. The van der Waals surface area contributed by atoms with Crippen LogP contribution in [0.15, 0.2) is 65.6 Å². The van der Waals surface area contributed by atoms with Crippen LogP contribution in [0.25, 0.3) is 0 Å². The molecule has 1 saturated heterocycles. The third kappa shape index (κ3) is 4.42. The molecular weight excluding hydrogens is 421 g/mol. The molecule has 3 aromatic rings. The number of ketones is 1. The highest BCUT2D eigenvalue weighted by atomic mass is 35.5. The van der Waals surface area contributed by atoms with Crippen molar-refractivity contribution in [1.29, 1.82) is 0 Å². The van der Waals surface area contributed by atoms with Crippen LogP contribution >= 0.6 is 23.2 Å². The Morgan fingerprint density at radius 3 is 2.33 bits per heavy atom. The number of halogens is 2. The number of rotatable bonds is 5. The van der Waals surface area contributed by atoms with Crippen molar-refractivity contribution in [2.24, 2.45) is 5.92 Å². The molecule has 2 aromatic carbocycles. The molecule has 4 rings (SSSR count). The van der Waals surface area contributed by atoms with Crippen molar-refractivity contribution in [2.75, 3.05) is 18.0 Å². The Labute approximate surface area is 184 Å². The first kappa shape index (κ1) is 20.6. The van der Waals surface area contributed by atoms with Crippen LogP contribution in [-0.2, 0) is 6.54 Å². The molecule has 0 saturated carbocycles. The number of anilines is 1. The van der Waals surface area contributed by atoms with E-state index in [4.69, 9.17) is 23.2 Å². The van der Waals surface area contributed by atoms with Gasteiger partial charge in [0, 0.05) is 29.6 Å². The van der Waals surface area contributed by atoms with Gasteiger partial charge in [0.25, 0.3) is 5.56 Å². The maximum Gasteiger partial charge on any atom is 0.287 e. The van der Waals surface area contributed by atoms with Crippen LogP contribution in [0.3, 0.4) is 0 Å². The van der Waals surface area contributed by atoms with E-state index < -0.39 is 0 Å². The van der Waals surface area contributed by atoms with Gasteiger partial charge < -0.3 is 4.90 Å². The molecule has 0 amide bonds. The van der Waals surface area contributed by atoms with Gasteiger partial charge in [-0.15, -0.1) is 0 Å². The summed E-state index contributed by atoms with van der Waals surface area (Å²) in [6.07, 6.45) is 3.05. The van der Waals surface area contributed by atoms with Crippen LogP contribution in [-0.4, -0.2) is 28.7 Å². The van der Waals surface area contributed by atoms with Crippen LogP contribution in [0.1, 0.15) is 28.8 Å². The number of piperidine rings is 1. The van der Waals surface area contributed by atoms with Crippen LogP contribution in [0, 0.1) is 5.92 Å². The van der Waals surface area contributed by atoms with Crippen molar-refractivity contribution in [3.05, 3.63) is 92.3 Å². The summed E-state index contributed by atoms with van der Waals surface area (Å²) in [4.78, 5) is 27.5. The Bertz CT molecular complexity index is 1090. The van der Waals surface area contributed by atoms with E-state index in [-0.39, 0.29) is 22.3 Å². The molecule has 0 spiro atoms. The van der Waals surface area contributed by atoms with E-state index >= 15 is 0 Å². The number of carbonyl (C=O) groups excluding carboxylic acids is 1. The number of benzene rings is 2. The molecule has 30 heavy (non-hydrogen) atoms. The van der Waals surface area contributed by atoms with Crippen molar-refractivity contribution in [3.63, 3.8) is 0 Å². The highest BCUT2D eigenvalue weighted by Gasteiger charge is 2.27. The second-order valence-electron chi connectivity index (χ2n) is 7.42. The Morgan fingerprint density at radius 1 is 1.00 bits per heavy atom. The van der Waals surface area contributed by atoms with Gasteiger partial charge in [-0.05, 0) is 42.7 Å². The zero-order valence-electron chi connectivity index (χ0n) is 16.3. The van der Waals surface area contributed by atoms with Crippen molar-refractivity contribution >= 4 is 34.7 Å². The largest absolute Gasteiger partial charge is 0.369 e. The number of Topliss-reactive ketones (excluding diaryl/α,β-unsaturated/α-hetero) is 1. The molecule has 1 aromatic heterocycles. The van der Waals surface area contributed by atoms with Gasteiger partial charge in [0.1, 0.15) is 5.02 Å². The minimum atomic E-state index is -0.308. The normalized spacial score (nSPS) is 14.7. The van der Waals surface area contributed by atoms with Gasteiger partial charge in [0.15, 0.2) is 5.78 Å². The van der Waals surface area contributed by atoms with Gasteiger partial charge in [-0.25, -0.2) is 4.68 Å². The fourth-order valence-corrected chi connectivity index (χ4v) is 4.17. The molecule has 1 aliphatic rings. The lowest BCUT2D eigenvalue weighted by Crippen LogP contribution is -2.38. The predicted molar refractivity (Wildman–Crippen MR) is 120 cm³/mol. The molecule has 2 heterocycles. The molecule has 0 unspecified atom stereocenters. The second kappa shape index (κ2) is 9.02. The van der Waals surface area contributed by atoms with Crippen LogP contribution in [0.2, 0.25) is 10.0 Å². The summed E-state index contributed by atoms with van der Waals surface area (Å²) in [6, 6.07) is 16.7. The van der Waals surface area contributed by atoms with Gasteiger partial charge in [-0.1, -0.05) is 53.5 Å². The van der Waals surface area contributed by atoms with E-state index in [1.807, 2.05) is 35.2 Å². The first-order chi connectivity index (χ1) is 14.5. The van der Waals surface area contributed by atoms with E-state index in [9.17, 15) is 9.59 Å². The summed E-state index contributed by atoms with van der Waals surface area (Å²) >= 11 is 12.3. The number of hydrogen-bond donors (Lipinski definition) is 0. The summed E-state index contributed by atoms with van der Waals surface area (Å²) in [5.41, 5.74) is 1.99. The van der Waals surface area contributed by atoms with Crippen molar-refractivity contribution in [2.45, 2.75) is 19.4 Å². The smallest absolute Gasteiger partial charge is 0.287 e. The lowest BCUT2D eigenvalue weighted by atomic mass is 9.89. The Morgan fingerprint density at radius 2 is 1.67 bits per heavy atom. The third-order valence-corrected chi connectivity index (χ3v) is 6.08. The lowest BCUT2D eigenvalue weighted by molar-refractivity contribution is 0.0900. The van der Waals surface area contributed by atoms with Gasteiger partial charge in [-0.3, -0.25) is 9.59 Å². The fourth-order valence-electron chi connectivity index (χ4n) is 3.78. The Balaban J connectivity index is 1.44. The van der Waals surface area contributed by atoms with E-state index in [0.717, 1.165) is 5.56 Å². The van der Waals surface area contributed by atoms with Crippen LogP contribution < -0.4 is 10.5 Å². The van der Waals surface area contributed by atoms with Crippen molar-refractivity contribution < 1.29 is 4.79 Å². The second-order valence-corrected chi connectivity index (χ2v) is 8.24. The first-order valence-electron chi connectivity index (χ1n) is 9.87. The highest BCUT2D eigenvalue weighted by Crippen LogP contribution is 2.28. The number of carbonyl (C=O) groups is 1. The molecular formula is C23H21Cl2N3O2. The molecule has 0 atom stereocenters. The van der Waals surface area contributed by atoms with Gasteiger partial charge in [0.2, 0.25) is 0 Å². The summed E-state index contributed by atoms with van der Waals surface area (Å²) in [7, 11) is 0. The zero-order chi connectivity index (χ0) is 21.1. The zero-order valence-corrected chi connectivity index (χ0v) is 17.8. The molecule has 154 valence electrons. The standard InChI is InChI=1S/C23H21Cl2N3O2/c24-19-8-6-17(7-9-19)22(29)18-10-12-27(13-11-18)20-14-26-28(23(30)21(20)25)15-16-4-2-1-3-5-16/h1-9,14,18H,10-13,15H2. The van der Waals surface area contributed by atoms with E-state index in [1.54, 1.807) is 30.5 Å². The average Bonchev–Trinajstić information content (AvgIpc) is 2.78. The van der Waals surface area contributed by atoms with Gasteiger partial charge in [0.05, 0.1) is 18.4 Å². The number of aromatic nitrogens is 2. The third-order valence-electron chi connectivity index (χ3n) is 5.48. The summed E-state index contributed by atoms with van der Waals surface area (Å²) < 4.78 is 1.37. The maximum atomic E-state index is 12.7. The number of nitrogens with zero attached hydrogens (tertiary/aromatic N) is 3.